The first-order valence-corrected chi connectivity index (χ1v) is 2.73. The maximum Gasteiger partial charge on any atom is 0.196 e. The maximum absolute atomic E-state index is 10.3. The fraction of sp³-hybridized carbons (Fsp3) is 0.600. The molecular formula is C5H8O2S. The lowest BCUT2D eigenvalue weighted by Crippen LogP contribution is -2.12. The van der Waals surface area contributed by atoms with Crippen molar-refractivity contribution < 1.29 is 9.59 Å². The van der Waals surface area contributed by atoms with Crippen LogP contribution in [0.3, 0.4) is 0 Å². The summed E-state index contributed by atoms with van der Waals surface area (Å²) in [6.45, 7) is 2.91. The van der Waals surface area contributed by atoms with Crippen LogP contribution in [0.2, 0.25) is 0 Å². The van der Waals surface area contributed by atoms with Gasteiger partial charge in [-0.05, 0) is 13.8 Å². The molecule has 0 aromatic heterocycles. The molecule has 0 aromatic carbocycles. The van der Waals surface area contributed by atoms with Crippen LogP contribution in [0.5, 0.6) is 0 Å². The van der Waals surface area contributed by atoms with E-state index in [2.05, 4.69) is 12.6 Å². The molecule has 0 fully saturated rings. The summed E-state index contributed by atoms with van der Waals surface area (Å²) in [5.41, 5.74) is 0. The predicted octanol–water partition coefficient (Wildman–Crippen LogP) is 0.668. The van der Waals surface area contributed by atoms with Crippen molar-refractivity contribution in [1.29, 1.82) is 0 Å². The molecule has 0 N–H and O–H groups in total. The smallest absolute Gasteiger partial charge is 0.196 e. The van der Waals surface area contributed by atoms with Gasteiger partial charge in [0.25, 0.3) is 0 Å². The van der Waals surface area contributed by atoms with Crippen molar-refractivity contribution >= 4 is 23.5 Å². The second-order valence-electron chi connectivity index (χ2n) is 1.67. The summed E-state index contributed by atoms with van der Waals surface area (Å²) in [7, 11) is 0. The van der Waals surface area contributed by atoms with E-state index < -0.39 is 5.92 Å². The number of ketones is 1. The van der Waals surface area contributed by atoms with Gasteiger partial charge in [-0.25, -0.2) is 0 Å². The van der Waals surface area contributed by atoms with Crippen molar-refractivity contribution in [1.82, 2.24) is 0 Å². The van der Waals surface area contributed by atoms with E-state index in [1.54, 1.807) is 0 Å². The highest BCUT2D eigenvalue weighted by molar-refractivity contribution is 7.96. The molecule has 0 aromatic rings. The van der Waals surface area contributed by atoms with Gasteiger partial charge in [-0.2, -0.15) is 0 Å². The predicted molar refractivity (Wildman–Crippen MR) is 33.8 cm³/mol. The van der Waals surface area contributed by atoms with Crippen LogP contribution < -0.4 is 0 Å². The van der Waals surface area contributed by atoms with Crippen LogP contribution in [0.25, 0.3) is 0 Å². The number of carbonyl (C=O) groups excluding carboxylic acids is 2. The Balaban J connectivity index is 3.83. The minimum atomic E-state index is -0.543. The van der Waals surface area contributed by atoms with Crippen molar-refractivity contribution in [3.63, 3.8) is 0 Å². The van der Waals surface area contributed by atoms with Gasteiger partial charge in [0.1, 0.15) is 5.78 Å². The van der Waals surface area contributed by atoms with Gasteiger partial charge in [0.2, 0.25) is 0 Å². The molecule has 0 rings (SSSR count). The number of rotatable bonds is 2. The van der Waals surface area contributed by atoms with Gasteiger partial charge in [-0.3, -0.25) is 9.59 Å². The van der Waals surface area contributed by atoms with Gasteiger partial charge in [-0.15, -0.1) is 12.6 Å². The molecule has 0 spiro atoms. The van der Waals surface area contributed by atoms with E-state index in [1.165, 1.54) is 13.8 Å². The normalized spacial score (nSPS) is 12.9. The lowest BCUT2D eigenvalue weighted by atomic mass is 10.1. The summed E-state index contributed by atoms with van der Waals surface area (Å²) in [4.78, 5) is 20.5. The summed E-state index contributed by atoms with van der Waals surface area (Å²) >= 11 is 3.47. The van der Waals surface area contributed by atoms with E-state index in [-0.39, 0.29) is 10.9 Å². The molecule has 2 nitrogen and oxygen atoms in total. The Morgan fingerprint density at radius 2 is 1.88 bits per heavy atom. The number of carbonyl (C=O) groups is 2. The average molecular weight is 132 g/mol. The standard InChI is InChI=1S/C5H8O2S/c1-3(4(2)6)5(7)8/h3H,1-2H3,(H,7,8). The van der Waals surface area contributed by atoms with E-state index in [0.717, 1.165) is 0 Å². The van der Waals surface area contributed by atoms with Gasteiger partial charge in [-0.1, -0.05) is 0 Å². The van der Waals surface area contributed by atoms with Crippen molar-refractivity contribution in [3.8, 4) is 0 Å². The summed E-state index contributed by atoms with van der Waals surface area (Å²) in [6.07, 6.45) is 0. The SMILES string of the molecule is CC(=O)C(C)C(=O)S. The Morgan fingerprint density at radius 3 is 1.88 bits per heavy atom. The second-order valence-corrected chi connectivity index (χ2v) is 2.11. The van der Waals surface area contributed by atoms with E-state index in [4.69, 9.17) is 0 Å². The quantitative estimate of drug-likeness (QED) is 0.442. The molecule has 0 amide bonds. The van der Waals surface area contributed by atoms with E-state index in [1.807, 2.05) is 0 Å². The summed E-state index contributed by atoms with van der Waals surface area (Å²) in [5, 5.41) is -0.363. The zero-order valence-corrected chi connectivity index (χ0v) is 5.74. The topological polar surface area (TPSA) is 34.1 Å². The van der Waals surface area contributed by atoms with Crippen LogP contribution in [-0.2, 0) is 9.59 Å². The minimum Gasteiger partial charge on any atom is -0.299 e. The summed E-state index contributed by atoms with van der Waals surface area (Å²) < 4.78 is 0. The third kappa shape index (κ3) is 2.12. The lowest BCUT2D eigenvalue weighted by Gasteiger charge is -1.96. The first-order chi connectivity index (χ1) is 3.55. The van der Waals surface area contributed by atoms with Gasteiger partial charge in [0.05, 0.1) is 5.92 Å². The van der Waals surface area contributed by atoms with Crippen molar-refractivity contribution in [2.45, 2.75) is 13.8 Å². The fourth-order valence-electron chi connectivity index (χ4n) is 0.174. The third-order valence-corrected chi connectivity index (χ3v) is 1.37. The molecule has 0 heterocycles. The minimum absolute atomic E-state index is 0.134. The second kappa shape index (κ2) is 2.87. The maximum atomic E-state index is 10.3. The highest BCUT2D eigenvalue weighted by atomic mass is 32.1. The molecule has 0 aliphatic rings. The Morgan fingerprint density at radius 1 is 1.50 bits per heavy atom. The molecule has 0 saturated heterocycles. The largest absolute Gasteiger partial charge is 0.299 e. The fourth-order valence-corrected chi connectivity index (χ4v) is 0.356. The van der Waals surface area contributed by atoms with Crippen LogP contribution in [0, 0.1) is 5.92 Å². The molecule has 46 valence electrons. The summed E-state index contributed by atoms with van der Waals surface area (Å²) in [5.74, 6) is -0.677. The van der Waals surface area contributed by atoms with Crippen LogP contribution in [0.15, 0.2) is 0 Å². The van der Waals surface area contributed by atoms with Gasteiger partial charge >= 0.3 is 0 Å². The van der Waals surface area contributed by atoms with Gasteiger partial charge in [0, 0.05) is 0 Å². The van der Waals surface area contributed by atoms with E-state index in [9.17, 15) is 9.59 Å². The molecule has 8 heavy (non-hydrogen) atoms. The number of thiol groups is 1. The highest BCUT2D eigenvalue weighted by Gasteiger charge is 2.12. The monoisotopic (exact) mass is 132 g/mol. The average Bonchev–Trinajstić information content (AvgIpc) is 1.64. The Hall–Kier alpha value is -0.310. The lowest BCUT2D eigenvalue weighted by molar-refractivity contribution is -0.126. The number of hydrogen-bond acceptors (Lipinski definition) is 2. The molecule has 0 saturated carbocycles. The molecule has 3 heteroatoms. The van der Waals surface area contributed by atoms with Crippen molar-refractivity contribution in [2.24, 2.45) is 5.92 Å². The van der Waals surface area contributed by atoms with Gasteiger partial charge < -0.3 is 0 Å². The zero-order chi connectivity index (χ0) is 6.73. The third-order valence-electron chi connectivity index (χ3n) is 0.980. The molecular weight excluding hydrogens is 124 g/mol. The molecule has 0 aliphatic heterocycles. The first kappa shape index (κ1) is 7.69. The van der Waals surface area contributed by atoms with Gasteiger partial charge in [0.15, 0.2) is 5.12 Å². The van der Waals surface area contributed by atoms with Crippen molar-refractivity contribution in [2.75, 3.05) is 0 Å². The van der Waals surface area contributed by atoms with E-state index in [0.29, 0.717) is 0 Å². The Kier molecular flexibility index (Phi) is 2.76. The summed E-state index contributed by atoms with van der Waals surface area (Å²) in [6, 6.07) is 0. The highest BCUT2D eigenvalue weighted by Crippen LogP contribution is 1.99. The van der Waals surface area contributed by atoms with Crippen molar-refractivity contribution in [3.05, 3.63) is 0 Å². The van der Waals surface area contributed by atoms with Crippen LogP contribution in [-0.4, -0.2) is 10.9 Å². The molecule has 1 unspecified atom stereocenters. The van der Waals surface area contributed by atoms with Crippen LogP contribution in [0.1, 0.15) is 13.8 Å². The first-order valence-electron chi connectivity index (χ1n) is 2.29. The number of hydrogen-bond donors (Lipinski definition) is 1. The van der Waals surface area contributed by atoms with Crippen LogP contribution in [0.4, 0.5) is 0 Å². The number of Topliss-reactive ketones (excluding diaryl/α,β-unsaturated/α-hetero) is 1. The Labute approximate surface area is 53.7 Å². The molecule has 0 aliphatic carbocycles. The molecule has 0 bridgehead atoms. The zero-order valence-electron chi connectivity index (χ0n) is 4.84. The molecule has 0 radical (unpaired) electrons. The Bertz CT molecular complexity index is 106. The van der Waals surface area contributed by atoms with Crippen LogP contribution >= 0.6 is 12.6 Å². The molecule has 1 atom stereocenters. The van der Waals surface area contributed by atoms with E-state index >= 15 is 0 Å².